The van der Waals surface area contributed by atoms with Gasteiger partial charge < -0.3 is 25.2 Å². The summed E-state index contributed by atoms with van der Waals surface area (Å²) in [5, 5.41) is 7.00. The Balaban J connectivity index is 0. The molecule has 0 fully saturated rings. The molecule has 0 aliphatic rings. The predicted molar refractivity (Wildman–Crippen MR) is 224 cm³/mol. The number of aliphatic hydroxyl groups is 1. The number of unbranched alkanes of at least 4 members (excludes halogenated alkanes) is 19. The predicted octanol–water partition coefficient (Wildman–Crippen LogP) is 12.0. The molecule has 0 amide bonds. The minimum Gasteiger partial charge on any atom is -0.465 e. The van der Waals surface area contributed by atoms with Crippen molar-refractivity contribution in [1.82, 2.24) is 4.90 Å². The maximum absolute atomic E-state index is 12.9. The number of ether oxygens (including phenoxy) is 2. The number of nitrogens with two attached hydrogens (primary N) is 1. The van der Waals surface area contributed by atoms with Gasteiger partial charge in [0, 0.05) is 20.2 Å². The van der Waals surface area contributed by atoms with E-state index in [1.165, 1.54) is 141 Å². The minimum absolute atomic E-state index is 0.0946. The Morgan fingerprint density at radius 2 is 0.769 bits per heavy atom. The van der Waals surface area contributed by atoms with Crippen LogP contribution in [0.2, 0.25) is 0 Å². The lowest BCUT2D eigenvalue weighted by Crippen LogP contribution is -2.31. The number of aliphatic hydroxyl groups excluding tert-OH is 1. The normalized spacial score (nSPS) is 12.4. The fourth-order valence-electron chi connectivity index (χ4n) is 7.00. The van der Waals surface area contributed by atoms with Crippen LogP contribution in [0.5, 0.6) is 0 Å². The third-order valence-electron chi connectivity index (χ3n) is 10.5. The van der Waals surface area contributed by atoms with Crippen molar-refractivity contribution in [3.05, 3.63) is 0 Å². The Kier molecular flexibility index (Phi) is 45.0. The lowest BCUT2D eigenvalue weighted by molar-refractivity contribution is -0.145. The molecule has 52 heavy (non-hydrogen) atoms. The van der Waals surface area contributed by atoms with Gasteiger partial charge in [0.25, 0.3) is 0 Å². The van der Waals surface area contributed by atoms with Crippen molar-refractivity contribution in [2.75, 3.05) is 46.5 Å². The van der Waals surface area contributed by atoms with E-state index in [1.807, 2.05) is 0 Å². The zero-order valence-electron chi connectivity index (χ0n) is 35.7. The highest BCUT2D eigenvalue weighted by Gasteiger charge is 2.17. The van der Waals surface area contributed by atoms with Gasteiger partial charge in [-0.15, -0.1) is 0 Å². The highest BCUT2D eigenvalue weighted by Crippen LogP contribution is 2.21. The zero-order chi connectivity index (χ0) is 38.8. The lowest BCUT2D eigenvalue weighted by atomic mass is 9.95. The molecule has 2 atom stereocenters. The molecule has 0 heterocycles. The van der Waals surface area contributed by atoms with Crippen LogP contribution >= 0.6 is 0 Å². The molecule has 0 spiro atoms. The smallest absolute Gasteiger partial charge is 0.307 e. The third kappa shape index (κ3) is 38.5. The Bertz CT molecular complexity index is 670. The average Bonchev–Trinajstić information content (AvgIpc) is 3.16. The van der Waals surface area contributed by atoms with Crippen LogP contribution in [0.1, 0.15) is 220 Å². The van der Waals surface area contributed by atoms with E-state index in [1.54, 1.807) is 0 Å². The maximum atomic E-state index is 12.9. The number of carbonyl (C=O) groups is 2. The summed E-state index contributed by atoms with van der Waals surface area (Å²) >= 11 is 0. The van der Waals surface area contributed by atoms with E-state index in [0.717, 1.165) is 58.7 Å². The van der Waals surface area contributed by atoms with E-state index in [2.05, 4.69) is 32.6 Å². The third-order valence-corrected chi connectivity index (χ3v) is 10.5. The second-order valence-corrected chi connectivity index (χ2v) is 15.5. The first kappa shape index (κ1) is 52.9. The van der Waals surface area contributed by atoms with Gasteiger partial charge in [0.05, 0.1) is 26.1 Å². The van der Waals surface area contributed by atoms with Crippen LogP contribution in [0.4, 0.5) is 0 Å². The van der Waals surface area contributed by atoms with Crippen molar-refractivity contribution in [1.29, 1.82) is 0 Å². The number of hydrogen-bond donors (Lipinski definition) is 2. The highest BCUT2D eigenvalue weighted by molar-refractivity contribution is 5.70. The molecule has 0 aromatic carbocycles. The molecule has 0 aromatic heterocycles. The van der Waals surface area contributed by atoms with Gasteiger partial charge in [0.15, 0.2) is 0 Å². The van der Waals surface area contributed by atoms with Crippen LogP contribution in [0.3, 0.4) is 0 Å². The Hall–Kier alpha value is -1.18. The summed E-state index contributed by atoms with van der Waals surface area (Å²) in [6, 6.07) is 0. The summed E-state index contributed by atoms with van der Waals surface area (Å²) in [7, 11) is 1.00. The molecular formula is C45H92N2O5. The van der Waals surface area contributed by atoms with E-state index in [-0.39, 0.29) is 11.9 Å². The summed E-state index contributed by atoms with van der Waals surface area (Å²) < 4.78 is 11.8. The first-order valence-corrected chi connectivity index (χ1v) is 22.7. The van der Waals surface area contributed by atoms with Crippen molar-refractivity contribution in [2.45, 2.75) is 220 Å². The second-order valence-electron chi connectivity index (χ2n) is 15.5. The van der Waals surface area contributed by atoms with E-state index in [4.69, 9.17) is 20.3 Å². The quantitative estimate of drug-likeness (QED) is 0.0476. The summed E-state index contributed by atoms with van der Waals surface area (Å²) in [5.41, 5.74) is 5.70. The fraction of sp³-hybridized carbons (Fsp3) is 0.956. The van der Waals surface area contributed by atoms with Gasteiger partial charge in [-0.3, -0.25) is 9.59 Å². The molecular weight excluding hydrogens is 649 g/mol. The van der Waals surface area contributed by atoms with Gasteiger partial charge in [-0.1, -0.05) is 169 Å². The summed E-state index contributed by atoms with van der Waals surface area (Å²) in [5.74, 6) is 0.768. The molecule has 3 N–H and O–H groups in total. The number of nitrogens with zero attached hydrogens (tertiary/aromatic N) is 1. The lowest BCUT2D eigenvalue weighted by Gasteiger charge is -2.23. The van der Waals surface area contributed by atoms with E-state index >= 15 is 0 Å². The van der Waals surface area contributed by atoms with Crippen molar-refractivity contribution in [3.63, 3.8) is 0 Å². The van der Waals surface area contributed by atoms with Crippen molar-refractivity contribution in [3.8, 4) is 0 Å². The minimum atomic E-state index is -0.0946. The zero-order valence-corrected chi connectivity index (χ0v) is 35.7. The summed E-state index contributed by atoms with van der Waals surface area (Å²) in [6.07, 6.45) is 35.5. The van der Waals surface area contributed by atoms with Crippen molar-refractivity contribution in [2.24, 2.45) is 17.6 Å². The first-order valence-electron chi connectivity index (χ1n) is 22.7. The number of rotatable bonds is 40. The van der Waals surface area contributed by atoms with Crippen LogP contribution in [-0.4, -0.2) is 68.4 Å². The fourth-order valence-corrected chi connectivity index (χ4v) is 7.00. The number of hydrogen-bond acceptors (Lipinski definition) is 7. The average molecular weight is 741 g/mol. The Morgan fingerprint density at radius 3 is 1.13 bits per heavy atom. The first-order chi connectivity index (χ1) is 25.5. The summed E-state index contributed by atoms with van der Waals surface area (Å²) in [4.78, 5) is 28.2. The molecule has 0 saturated heterocycles. The van der Waals surface area contributed by atoms with Crippen LogP contribution in [0.25, 0.3) is 0 Å². The van der Waals surface area contributed by atoms with Crippen LogP contribution < -0.4 is 5.73 Å². The Morgan fingerprint density at radius 1 is 0.462 bits per heavy atom. The SMILES string of the molecule is CCCCCCCCC(CCCCCC)COC(=O)CCN(CCCCCCN)CCC(=O)OCC(CCCCCC)CCCCCCCC.CO. The van der Waals surface area contributed by atoms with Crippen LogP contribution in [0.15, 0.2) is 0 Å². The van der Waals surface area contributed by atoms with E-state index in [0.29, 0.717) is 51.0 Å². The van der Waals surface area contributed by atoms with Gasteiger partial charge in [-0.25, -0.2) is 0 Å². The topological polar surface area (TPSA) is 102 Å². The Labute approximate surface area is 324 Å². The van der Waals surface area contributed by atoms with Gasteiger partial charge >= 0.3 is 11.9 Å². The van der Waals surface area contributed by atoms with Gasteiger partial charge in [-0.05, 0) is 63.5 Å². The molecule has 0 rings (SSSR count). The van der Waals surface area contributed by atoms with Gasteiger partial charge in [0.1, 0.15) is 0 Å². The molecule has 2 unspecified atom stereocenters. The molecule has 0 aromatic rings. The van der Waals surface area contributed by atoms with Crippen molar-refractivity contribution < 1.29 is 24.2 Å². The maximum Gasteiger partial charge on any atom is 0.307 e. The molecule has 0 aliphatic heterocycles. The van der Waals surface area contributed by atoms with E-state index in [9.17, 15) is 9.59 Å². The van der Waals surface area contributed by atoms with E-state index < -0.39 is 0 Å². The van der Waals surface area contributed by atoms with Gasteiger partial charge in [-0.2, -0.15) is 0 Å². The van der Waals surface area contributed by atoms with Crippen LogP contribution in [0, 0.1) is 11.8 Å². The largest absolute Gasteiger partial charge is 0.465 e. The molecule has 0 bridgehead atoms. The molecule has 0 saturated carbocycles. The molecule has 7 heteroatoms. The monoisotopic (exact) mass is 741 g/mol. The standard InChI is InChI=1S/C44H88N2O4.CH4O/c1-5-9-13-17-19-25-31-41(29-23-15-11-7-3)39-49-43(47)33-37-46(36-28-22-21-27-35-45)38-34-44(48)50-40-42(30-24-16-12-8-4)32-26-20-18-14-10-6-2;1-2/h41-42H,5-40,45H2,1-4H3;2H,1H3. The second kappa shape index (κ2) is 44.2. The molecule has 312 valence electrons. The molecule has 7 nitrogen and oxygen atoms in total. The van der Waals surface area contributed by atoms with Crippen LogP contribution in [-0.2, 0) is 19.1 Å². The highest BCUT2D eigenvalue weighted by atomic mass is 16.5. The van der Waals surface area contributed by atoms with Crippen molar-refractivity contribution >= 4 is 11.9 Å². The number of carbonyl (C=O) groups excluding carboxylic acids is 2. The molecule has 0 radical (unpaired) electrons. The summed E-state index contributed by atoms with van der Waals surface area (Å²) in [6.45, 7) is 13.1. The molecule has 0 aliphatic carbocycles. The van der Waals surface area contributed by atoms with Gasteiger partial charge in [0.2, 0.25) is 0 Å². The number of esters is 2.